The Morgan fingerprint density at radius 2 is 0.977 bits per heavy atom. The molecule has 0 aromatic heterocycles. The highest BCUT2D eigenvalue weighted by Gasteiger charge is 2.13. The van der Waals surface area contributed by atoms with Crippen LogP contribution in [0.1, 0.15) is 168 Å². The summed E-state index contributed by atoms with van der Waals surface area (Å²) < 4.78 is 22.5. The Labute approximate surface area is 266 Å². The highest BCUT2D eigenvalue weighted by atomic mass is 16.6. The van der Waals surface area contributed by atoms with Crippen LogP contribution in [0.2, 0.25) is 0 Å². The van der Waals surface area contributed by atoms with Gasteiger partial charge in [-0.15, -0.1) is 0 Å². The first-order valence-corrected chi connectivity index (χ1v) is 18.5. The fraction of sp³-hybridized carbons (Fsp3) is 0.972. The lowest BCUT2D eigenvalue weighted by Crippen LogP contribution is -2.33. The van der Waals surface area contributed by atoms with Crippen molar-refractivity contribution in [1.29, 1.82) is 0 Å². The van der Waals surface area contributed by atoms with Crippen molar-refractivity contribution in [2.75, 3.05) is 52.8 Å². The van der Waals surface area contributed by atoms with Crippen molar-refractivity contribution in [3.05, 3.63) is 0 Å². The third-order valence-electron chi connectivity index (χ3n) is 7.95. The van der Waals surface area contributed by atoms with Gasteiger partial charge in [0.1, 0.15) is 12.7 Å². The minimum absolute atomic E-state index is 0.0259. The van der Waals surface area contributed by atoms with Crippen molar-refractivity contribution in [2.45, 2.75) is 174 Å². The monoisotopic (exact) mass is 616 g/mol. The number of alkyl carbamates (subject to hydrolysis) is 1. The summed E-state index contributed by atoms with van der Waals surface area (Å²) in [5.74, 6) is 0. The van der Waals surface area contributed by atoms with Gasteiger partial charge in [-0.2, -0.15) is 0 Å². The van der Waals surface area contributed by atoms with Crippen molar-refractivity contribution < 1.29 is 28.8 Å². The number of carbonyl (C=O) groups is 1. The lowest BCUT2D eigenvalue weighted by atomic mass is 10.1. The van der Waals surface area contributed by atoms with Gasteiger partial charge in [-0.25, -0.2) is 4.79 Å². The summed E-state index contributed by atoms with van der Waals surface area (Å²) in [7, 11) is 0. The number of nitrogens with one attached hydrogen (secondary N) is 1. The van der Waals surface area contributed by atoms with Crippen molar-refractivity contribution in [3.63, 3.8) is 0 Å². The molecule has 1 amide bonds. The lowest BCUT2D eigenvalue weighted by Gasteiger charge is -2.18. The second-order valence-corrected chi connectivity index (χ2v) is 12.2. The van der Waals surface area contributed by atoms with Crippen molar-refractivity contribution >= 4 is 6.09 Å². The van der Waals surface area contributed by atoms with E-state index in [-0.39, 0.29) is 25.9 Å². The molecule has 1 atom stereocenters. The summed E-state index contributed by atoms with van der Waals surface area (Å²) in [4.78, 5) is 12.0. The first kappa shape index (κ1) is 42.1. The molecule has 43 heavy (non-hydrogen) atoms. The average molecular weight is 616 g/mol. The molecule has 1 unspecified atom stereocenters. The minimum atomic E-state index is -0.479. The molecule has 0 aromatic carbocycles. The predicted octanol–water partition coefficient (Wildman–Crippen LogP) is 9.53. The van der Waals surface area contributed by atoms with Crippen LogP contribution in [-0.2, 0) is 18.9 Å². The van der Waals surface area contributed by atoms with Crippen LogP contribution in [0.4, 0.5) is 4.79 Å². The quantitative estimate of drug-likeness (QED) is 0.0683. The summed E-state index contributed by atoms with van der Waals surface area (Å²) in [5.41, 5.74) is 0. The molecule has 0 bridgehead atoms. The number of rotatable bonds is 36. The Bertz CT molecular complexity index is 536. The molecule has 0 rings (SSSR count). The number of hydrogen-bond acceptors (Lipinski definition) is 6. The fourth-order valence-corrected chi connectivity index (χ4v) is 5.21. The van der Waals surface area contributed by atoms with Crippen LogP contribution >= 0.6 is 0 Å². The number of aliphatic hydroxyl groups is 1. The van der Waals surface area contributed by atoms with Gasteiger partial charge in [-0.1, -0.05) is 155 Å². The summed E-state index contributed by atoms with van der Waals surface area (Å²) >= 11 is 0. The third-order valence-corrected chi connectivity index (χ3v) is 7.95. The van der Waals surface area contributed by atoms with Crippen LogP contribution in [-0.4, -0.2) is 70.1 Å². The predicted molar refractivity (Wildman–Crippen MR) is 180 cm³/mol. The first-order valence-electron chi connectivity index (χ1n) is 18.5. The van der Waals surface area contributed by atoms with Crippen LogP contribution in [0.5, 0.6) is 0 Å². The molecule has 0 radical (unpaired) electrons. The van der Waals surface area contributed by atoms with E-state index in [0.717, 1.165) is 19.4 Å². The average Bonchev–Trinajstić information content (AvgIpc) is 3.01. The molecule has 0 aliphatic carbocycles. The zero-order chi connectivity index (χ0) is 31.3. The lowest BCUT2D eigenvalue weighted by molar-refractivity contribution is -0.0469. The Balaban J connectivity index is 3.96. The molecule has 0 spiro atoms. The normalized spacial score (nSPS) is 12.1. The van der Waals surface area contributed by atoms with E-state index in [2.05, 4.69) is 19.2 Å². The molecule has 0 saturated heterocycles. The summed E-state index contributed by atoms with van der Waals surface area (Å²) in [6, 6.07) is 0. The van der Waals surface area contributed by atoms with Crippen molar-refractivity contribution in [1.82, 2.24) is 5.32 Å². The summed E-state index contributed by atoms with van der Waals surface area (Å²) in [5, 5.41) is 11.4. The Hall–Kier alpha value is -0.890. The zero-order valence-electron chi connectivity index (χ0n) is 28.7. The van der Waals surface area contributed by atoms with Crippen LogP contribution in [0.15, 0.2) is 0 Å². The van der Waals surface area contributed by atoms with Crippen LogP contribution in [0.3, 0.4) is 0 Å². The van der Waals surface area contributed by atoms with Crippen molar-refractivity contribution in [2.24, 2.45) is 0 Å². The van der Waals surface area contributed by atoms with Gasteiger partial charge in [-0.05, 0) is 12.8 Å². The van der Waals surface area contributed by atoms with Gasteiger partial charge in [0, 0.05) is 19.8 Å². The molecular formula is C36H73NO6. The molecule has 0 saturated carbocycles. The number of hydrogen-bond donors (Lipinski definition) is 2. The highest BCUT2D eigenvalue weighted by Crippen LogP contribution is 2.13. The summed E-state index contributed by atoms with van der Waals surface area (Å²) in [6.07, 6.45) is 31.0. The molecule has 7 heteroatoms. The molecular weight excluding hydrogens is 542 g/mol. The standard InChI is InChI=1S/C36H73NO6/c1-3-5-7-9-11-13-15-17-19-21-23-25-29-41-33-35(34-43-36(39)37-27-31-40-32-28-38)42-30-26-24-22-20-18-16-14-12-10-8-6-4-2/h35,38H,3-34H2,1-2H3,(H,37,39). The Kier molecular flexibility index (Phi) is 36.5. The molecule has 258 valence electrons. The molecule has 0 fully saturated rings. The van der Waals surface area contributed by atoms with E-state index >= 15 is 0 Å². The SMILES string of the molecule is CCCCCCCCCCCCCCOCC(COC(=O)NCCOCCO)OCCCCCCCCCCCCCC. The van der Waals surface area contributed by atoms with Crippen LogP contribution < -0.4 is 5.32 Å². The van der Waals surface area contributed by atoms with E-state index in [1.807, 2.05) is 0 Å². The second kappa shape index (κ2) is 37.3. The maximum Gasteiger partial charge on any atom is 0.407 e. The van der Waals surface area contributed by atoms with Gasteiger partial charge in [0.15, 0.2) is 0 Å². The molecule has 0 aliphatic rings. The largest absolute Gasteiger partial charge is 0.447 e. The van der Waals surface area contributed by atoms with E-state index in [9.17, 15) is 4.79 Å². The smallest absolute Gasteiger partial charge is 0.407 e. The van der Waals surface area contributed by atoms with Gasteiger partial charge >= 0.3 is 6.09 Å². The highest BCUT2D eigenvalue weighted by molar-refractivity contribution is 5.67. The van der Waals surface area contributed by atoms with Crippen LogP contribution in [0.25, 0.3) is 0 Å². The Morgan fingerprint density at radius 3 is 1.44 bits per heavy atom. The van der Waals surface area contributed by atoms with Gasteiger partial charge in [-0.3, -0.25) is 0 Å². The number of unbranched alkanes of at least 4 members (excludes halogenated alkanes) is 22. The van der Waals surface area contributed by atoms with Gasteiger partial charge in [0.05, 0.1) is 26.4 Å². The minimum Gasteiger partial charge on any atom is -0.447 e. The molecule has 0 aromatic rings. The van der Waals surface area contributed by atoms with E-state index in [4.69, 9.17) is 24.1 Å². The first-order chi connectivity index (χ1) is 21.2. The van der Waals surface area contributed by atoms with Crippen molar-refractivity contribution in [3.8, 4) is 0 Å². The zero-order valence-corrected chi connectivity index (χ0v) is 28.7. The maximum atomic E-state index is 12.0. The topological polar surface area (TPSA) is 86.3 Å². The number of carbonyl (C=O) groups excluding carboxylic acids is 1. The van der Waals surface area contributed by atoms with Gasteiger partial charge in [0.2, 0.25) is 0 Å². The van der Waals surface area contributed by atoms with Gasteiger partial charge in [0.25, 0.3) is 0 Å². The third kappa shape index (κ3) is 35.5. The van der Waals surface area contributed by atoms with Crippen LogP contribution in [0, 0.1) is 0 Å². The van der Waals surface area contributed by atoms with E-state index < -0.39 is 6.09 Å². The number of ether oxygens (including phenoxy) is 4. The molecule has 2 N–H and O–H groups in total. The fourth-order valence-electron chi connectivity index (χ4n) is 5.21. The van der Waals surface area contributed by atoms with E-state index in [0.29, 0.717) is 26.4 Å². The Morgan fingerprint density at radius 1 is 0.535 bits per heavy atom. The van der Waals surface area contributed by atoms with Gasteiger partial charge < -0.3 is 29.4 Å². The molecule has 0 heterocycles. The molecule has 7 nitrogen and oxygen atoms in total. The van der Waals surface area contributed by atoms with E-state index in [1.165, 1.54) is 141 Å². The molecule has 0 aliphatic heterocycles. The number of amides is 1. The maximum absolute atomic E-state index is 12.0. The second-order valence-electron chi connectivity index (χ2n) is 12.2. The number of aliphatic hydroxyl groups excluding tert-OH is 1. The summed E-state index contributed by atoms with van der Waals surface area (Å²) in [6.45, 7) is 7.50. The van der Waals surface area contributed by atoms with E-state index in [1.54, 1.807) is 0 Å².